The third kappa shape index (κ3) is 9.18. The van der Waals surface area contributed by atoms with Crippen LogP contribution < -0.4 is 0 Å². The van der Waals surface area contributed by atoms with Crippen LogP contribution in [0.2, 0.25) is 0 Å². The van der Waals surface area contributed by atoms with Crippen LogP contribution in [0.3, 0.4) is 0 Å². The Bertz CT molecular complexity index is 2090. The molecule has 22 nitrogen and oxygen atoms in total. The Kier molecular flexibility index (Phi) is 15.3. The summed E-state index contributed by atoms with van der Waals surface area (Å²) in [4.78, 5) is 15.0. The number of carbonyl (C=O) groups is 1. The Morgan fingerprint density at radius 1 is 0.718 bits per heavy atom. The van der Waals surface area contributed by atoms with Gasteiger partial charge in [0.15, 0.2) is 12.6 Å². The SMILES string of the molecule is C[C@@H]1O[C@@H](O[C@H]2[C@H](O)[C@@H](O)[C@H](OC[C@H]3O[C@@H](OC(=O)[C@]45CCC(C)(C)C[C@H]4C4=CC[C@@H]6[C@@]7(C)C[C@@H](O)[C@H](OS(=O)(=O)O)[C@@](C)(CO)[C@@H]7CC[C@@]6(C)[C@]4(C)CC5)[C@H](O)[C@@H](O)[C@@H]3O)O[C@@H]2CO)[C@H](O)[C@H](O)[C@H]1O. The summed E-state index contributed by atoms with van der Waals surface area (Å²) < 4.78 is 73.4. The molecule has 4 saturated carbocycles. The Balaban J connectivity index is 0.989. The van der Waals surface area contributed by atoms with Crippen molar-refractivity contribution in [2.24, 2.45) is 50.2 Å². The smallest absolute Gasteiger partial charge is 0.397 e. The predicted octanol–water partition coefficient (Wildman–Crippen LogP) is -1.06. The number of hydrogen-bond acceptors (Lipinski definition) is 21. The van der Waals surface area contributed by atoms with Crippen LogP contribution in [0.15, 0.2) is 11.6 Å². The third-order valence-electron chi connectivity index (χ3n) is 19.6. The van der Waals surface area contributed by atoms with E-state index >= 15 is 4.79 Å². The van der Waals surface area contributed by atoms with Crippen molar-refractivity contribution < 1.29 is 107 Å². The number of aliphatic hydroxyl groups is 11. The summed E-state index contributed by atoms with van der Waals surface area (Å²) in [5, 5.41) is 119. The summed E-state index contributed by atoms with van der Waals surface area (Å²) in [6.45, 7) is 12.1. The number of fused-ring (bicyclic) bond motifs is 7. The molecule has 12 N–H and O–H groups in total. The highest BCUT2D eigenvalue weighted by Crippen LogP contribution is 2.76. The summed E-state index contributed by atoms with van der Waals surface area (Å²) in [6, 6.07) is 0. The lowest BCUT2D eigenvalue weighted by Gasteiger charge is -2.71. The summed E-state index contributed by atoms with van der Waals surface area (Å²) in [6.07, 6.45) is -20.5. The van der Waals surface area contributed by atoms with Crippen LogP contribution in [0.4, 0.5) is 0 Å². The molecule has 71 heavy (non-hydrogen) atoms. The van der Waals surface area contributed by atoms with Gasteiger partial charge in [0.1, 0.15) is 73.2 Å². The first kappa shape index (κ1) is 55.7. The second kappa shape index (κ2) is 19.5. The molecule has 8 rings (SSSR count). The van der Waals surface area contributed by atoms with Gasteiger partial charge in [-0.15, -0.1) is 0 Å². The molecular formula is C48H78O22S. The molecule has 0 aromatic carbocycles. The maximum atomic E-state index is 15.0. The van der Waals surface area contributed by atoms with Crippen LogP contribution in [-0.4, -0.2) is 199 Å². The molecule has 408 valence electrons. The number of ether oxygens (including phenoxy) is 6. The van der Waals surface area contributed by atoms with Crippen LogP contribution in [0, 0.1) is 50.2 Å². The van der Waals surface area contributed by atoms with Gasteiger partial charge in [0.2, 0.25) is 6.29 Å². The lowest BCUT2D eigenvalue weighted by Crippen LogP contribution is -2.68. The van der Waals surface area contributed by atoms with E-state index in [1.165, 1.54) is 6.92 Å². The summed E-state index contributed by atoms with van der Waals surface area (Å²) >= 11 is 0. The fourth-order valence-electron chi connectivity index (χ4n) is 15.2. The van der Waals surface area contributed by atoms with Crippen LogP contribution in [-0.2, 0) is 47.8 Å². The van der Waals surface area contributed by atoms with Gasteiger partial charge in [0.05, 0.1) is 37.4 Å². The van der Waals surface area contributed by atoms with Crippen molar-refractivity contribution in [1.29, 1.82) is 0 Å². The molecule has 8 aliphatic rings. The molecule has 0 aromatic rings. The van der Waals surface area contributed by atoms with Gasteiger partial charge in [-0.3, -0.25) is 9.35 Å². The van der Waals surface area contributed by atoms with Gasteiger partial charge in [0, 0.05) is 5.41 Å². The average molecular weight is 1040 g/mol. The van der Waals surface area contributed by atoms with E-state index in [1.54, 1.807) is 6.92 Å². The van der Waals surface area contributed by atoms with E-state index in [-0.39, 0.29) is 29.6 Å². The maximum Gasteiger partial charge on any atom is 0.397 e. The van der Waals surface area contributed by atoms with Gasteiger partial charge in [-0.1, -0.05) is 53.2 Å². The molecule has 0 unspecified atom stereocenters. The van der Waals surface area contributed by atoms with E-state index in [0.29, 0.717) is 51.4 Å². The zero-order valence-electron chi connectivity index (χ0n) is 41.5. The lowest BCUT2D eigenvalue weighted by molar-refractivity contribution is -0.361. The Labute approximate surface area is 414 Å². The standard InChI is InChI=1S/C48H78O22S/c1-21-29(52)31(54)34(57)40(65-21)68-37-25(18-49)66-39(36(59)33(37)56)64-19-26-30(53)32(55)35(58)41(67-26)69-42(60)48-14-12-43(2,3)16-23(48)22-8-9-28-44(4)17-24(51)38(70-71(61,62)63)45(5,20-50)27(44)10-11-47(28,7)46(22,6)13-15-48/h8,21,23-41,49-59H,9-20H2,1-7H3,(H,61,62,63)/t21-,23-,24+,25+,26+,27+,28+,29-,30+,31+,32-,33+,34+,35+,36+,37+,38-,39+,40-,41-,44-,45-,46+,47+,48-/m0/s1. The highest BCUT2D eigenvalue weighted by molar-refractivity contribution is 7.80. The Hall–Kier alpha value is -1.56. The topological polar surface area (TPSA) is 359 Å². The van der Waals surface area contributed by atoms with E-state index < -0.39 is 168 Å². The van der Waals surface area contributed by atoms with E-state index in [4.69, 9.17) is 32.6 Å². The average Bonchev–Trinajstić information content (AvgIpc) is 3.30. The van der Waals surface area contributed by atoms with Gasteiger partial charge in [-0.25, -0.2) is 4.18 Å². The first-order valence-corrected chi connectivity index (χ1v) is 26.4. The van der Waals surface area contributed by atoms with Gasteiger partial charge in [-0.2, -0.15) is 8.42 Å². The predicted molar refractivity (Wildman–Crippen MR) is 242 cm³/mol. The number of esters is 1. The minimum Gasteiger partial charge on any atom is -0.432 e. The molecule has 3 saturated heterocycles. The highest BCUT2D eigenvalue weighted by Gasteiger charge is 2.71. The summed E-state index contributed by atoms with van der Waals surface area (Å²) in [5.74, 6) is -1.30. The molecule has 3 heterocycles. The van der Waals surface area contributed by atoms with E-state index in [1.807, 2.05) is 0 Å². The number of carbonyl (C=O) groups excluding carboxylic acids is 1. The first-order valence-electron chi connectivity index (χ1n) is 25.1. The number of aliphatic hydroxyl groups excluding tert-OH is 11. The molecule has 0 radical (unpaired) electrons. The lowest BCUT2D eigenvalue weighted by atomic mass is 9.33. The van der Waals surface area contributed by atoms with Crippen LogP contribution in [0.1, 0.15) is 106 Å². The van der Waals surface area contributed by atoms with E-state index in [9.17, 15) is 69.1 Å². The summed E-state index contributed by atoms with van der Waals surface area (Å²) in [5.41, 5.74) is -2.82. The molecular weight excluding hydrogens is 961 g/mol. The van der Waals surface area contributed by atoms with Crippen molar-refractivity contribution in [3.63, 3.8) is 0 Å². The third-order valence-corrected chi connectivity index (χ3v) is 20.0. The van der Waals surface area contributed by atoms with E-state index in [2.05, 4.69) is 40.7 Å². The van der Waals surface area contributed by atoms with Crippen molar-refractivity contribution in [3.05, 3.63) is 11.6 Å². The van der Waals surface area contributed by atoms with Crippen LogP contribution >= 0.6 is 0 Å². The zero-order chi connectivity index (χ0) is 52.3. The maximum absolute atomic E-state index is 15.0. The molecule has 3 aliphatic heterocycles. The number of rotatable bonds is 11. The second-order valence-corrected chi connectivity index (χ2v) is 25.0. The molecule has 23 heteroatoms. The molecule has 0 bridgehead atoms. The van der Waals surface area contributed by atoms with Crippen LogP contribution in [0.25, 0.3) is 0 Å². The fraction of sp³-hybridized carbons (Fsp3) is 0.938. The van der Waals surface area contributed by atoms with Crippen molar-refractivity contribution in [3.8, 4) is 0 Å². The molecule has 7 fully saturated rings. The molecule has 0 spiro atoms. The second-order valence-electron chi connectivity index (χ2n) is 24.0. The quantitative estimate of drug-likeness (QED) is 0.0666. The molecule has 5 aliphatic carbocycles. The number of allylic oxidation sites excluding steroid dienone is 2. The first-order chi connectivity index (χ1) is 32.9. The minimum atomic E-state index is -4.95. The minimum absolute atomic E-state index is 0.0452. The molecule has 0 aromatic heterocycles. The fourth-order valence-corrected chi connectivity index (χ4v) is 15.9. The van der Waals surface area contributed by atoms with Crippen molar-refractivity contribution in [1.82, 2.24) is 0 Å². The molecule has 0 amide bonds. The van der Waals surface area contributed by atoms with Crippen molar-refractivity contribution in [2.75, 3.05) is 19.8 Å². The van der Waals surface area contributed by atoms with Gasteiger partial charge >= 0.3 is 16.4 Å². The Morgan fingerprint density at radius 2 is 1.34 bits per heavy atom. The van der Waals surface area contributed by atoms with E-state index in [0.717, 1.165) is 5.57 Å². The highest BCUT2D eigenvalue weighted by atomic mass is 32.3. The van der Waals surface area contributed by atoms with Gasteiger partial charge < -0.3 is 84.6 Å². The van der Waals surface area contributed by atoms with Crippen molar-refractivity contribution in [2.45, 2.75) is 211 Å². The zero-order valence-corrected chi connectivity index (χ0v) is 42.3. The van der Waals surface area contributed by atoms with Gasteiger partial charge in [0.25, 0.3) is 0 Å². The monoisotopic (exact) mass is 1040 g/mol. The normalized spacial score (nSPS) is 53.0. The molecule has 25 atom stereocenters. The number of hydrogen-bond donors (Lipinski definition) is 12. The largest absolute Gasteiger partial charge is 0.432 e. The van der Waals surface area contributed by atoms with Gasteiger partial charge in [-0.05, 0) is 104 Å². The Morgan fingerprint density at radius 3 is 1.99 bits per heavy atom. The van der Waals surface area contributed by atoms with Crippen molar-refractivity contribution >= 4 is 16.4 Å². The summed E-state index contributed by atoms with van der Waals surface area (Å²) in [7, 11) is -4.95. The van der Waals surface area contributed by atoms with Crippen LogP contribution in [0.5, 0.6) is 0 Å².